The molecule has 0 N–H and O–H groups in total. The topological polar surface area (TPSA) is 34.1 Å². The zero-order chi connectivity index (χ0) is 9.23. The maximum atomic E-state index is 10.5. The predicted molar refractivity (Wildman–Crippen MR) is 49.0 cm³/mol. The first kappa shape index (κ1) is 11.1. The number of hydrogen-bond donors (Lipinski definition) is 0. The molecule has 0 saturated carbocycles. The average Bonchev–Trinajstić information content (AvgIpc) is 2.02. The summed E-state index contributed by atoms with van der Waals surface area (Å²) in [5.41, 5.74) is 0. The zero-order valence-electron chi connectivity index (χ0n) is 7.58. The van der Waals surface area contributed by atoms with E-state index < -0.39 is 0 Å². The Balaban J connectivity index is 3.14. The predicted octanol–water partition coefficient (Wildman–Crippen LogP) is 2.28. The fourth-order valence-corrected chi connectivity index (χ4v) is 0.841. The van der Waals surface area contributed by atoms with Crippen LogP contribution in [-0.2, 0) is 9.59 Å². The molecule has 0 atom stereocenters. The van der Waals surface area contributed by atoms with Crippen molar-refractivity contribution in [2.75, 3.05) is 0 Å². The van der Waals surface area contributed by atoms with Crippen molar-refractivity contribution in [1.82, 2.24) is 0 Å². The summed E-state index contributed by atoms with van der Waals surface area (Å²) in [4.78, 5) is 20.4. The van der Waals surface area contributed by atoms with Gasteiger partial charge in [-0.25, -0.2) is 0 Å². The molecule has 0 aliphatic heterocycles. The van der Waals surface area contributed by atoms with Crippen LogP contribution in [0.4, 0.5) is 0 Å². The van der Waals surface area contributed by atoms with Gasteiger partial charge in [0.25, 0.3) is 0 Å². The van der Waals surface area contributed by atoms with Gasteiger partial charge in [0.15, 0.2) is 0 Å². The molecule has 0 amide bonds. The highest BCUT2D eigenvalue weighted by Crippen LogP contribution is 1.97. The molecule has 68 valence electrons. The second-order valence-corrected chi connectivity index (χ2v) is 2.81. The van der Waals surface area contributed by atoms with Crippen LogP contribution < -0.4 is 0 Å². The Labute approximate surface area is 73.7 Å². The second kappa shape index (κ2) is 8.18. The van der Waals surface area contributed by atoms with Crippen LogP contribution >= 0.6 is 0 Å². The molecule has 0 heterocycles. The first-order valence-electron chi connectivity index (χ1n) is 4.35. The standard InChI is InChI=1S/C10H16O2/c1-10(12)8-6-4-2-3-5-7-9-11/h2,4,9H,3,5-8H2,1H3. The zero-order valence-corrected chi connectivity index (χ0v) is 7.58. The SMILES string of the molecule is CC(=O)CCC=CCCCC=O. The van der Waals surface area contributed by atoms with E-state index in [4.69, 9.17) is 0 Å². The van der Waals surface area contributed by atoms with Gasteiger partial charge in [-0.1, -0.05) is 12.2 Å². The van der Waals surface area contributed by atoms with Crippen molar-refractivity contribution in [3.8, 4) is 0 Å². The molecule has 0 aliphatic rings. The largest absolute Gasteiger partial charge is 0.303 e. The molecular weight excluding hydrogens is 152 g/mol. The van der Waals surface area contributed by atoms with E-state index in [0.717, 1.165) is 25.5 Å². The fraction of sp³-hybridized carbons (Fsp3) is 0.600. The van der Waals surface area contributed by atoms with Gasteiger partial charge < -0.3 is 9.59 Å². The van der Waals surface area contributed by atoms with Crippen LogP contribution in [0.1, 0.15) is 39.0 Å². The van der Waals surface area contributed by atoms with Gasteiger partial charge in [-0.2, -0.15) is 0 Å². The Kier molecular flexibility index (Phi) is 7.55. The lowest BCUT2D eigenvalue weighted by Gasteiger charge is -1.89. The van der Waals surface area contributed by atoms with Crippen LogP contribution in [0.2, 0.25) is 0 Å². The molecule has 12 heavy (non-hydrogen) atoms. The normalized spacial score (nSPS) is 10.4. The molecule has 0 bridgehead atoms. The minimum atomic E-state index is 0.229. The van der Waals surface area contributed by atoms with Crippen LogP contribution in [0.3, 0.4) is 0 Å². The summed E-state index contributed by atoms with van der Waals surface area (Å²) >= 11 is 0. The number of aldehydes is 1. The van der Waals surface area contributed by atoms with E-state index in [1.165, 1.54) is 0 Å². The Hall–Kier alpha value is -0.920. The van der Waals surface area contributed by atoms with E-state index in [1.807, 2.05) is 12.2 Å². The van der Waals surface area contributed by atoms with Gasteiger partial charge in [-0.05, 0) is 26.2 Å². The van der Waals surface area contributed by atoms with Gasteiger partial charge in [0.05, 0.1) is 0 Å². The molecule has 0 unspecified atom stereocenters. The first-order chi connectivity index (χ1) is 5.77. The minimum Gasteiger partial charge on any atom is -0.303 e. The molecule has 0 aliphatic carbocycles. The van der Waals surface area contributed by atoms with E-state index >= 15 is 0 Å². The monoisotopic (exact) mass is 168 g/mol. The average molecular weight is 168 g/mol. The van der Waals surface area contributed by atoms with Crippen molar-refractivity contribution in [2.45, 2.75) is 39.0 Å². The number of Topliss-reactive ketones (excluding diaryl/α,β-unsaturated/α-hetero) is 1. The van der Waals surface area contributed by atoms with Crippen molar-refractivity contribution >= 4 is 12.1 Å². The van der Waals surface area contributed by atoms with Gasteiger partial charge in [0, 0.05) is 12.8 Å². The van der Waals surface area contributed by atoms with E-state index in [0.29, 0.717) is 12.8 Å². The van der Waals surface area contributed by atoms with Crippen molar-refractivity contribution in [3.63, 3.8) is 0 Å². The van der Waals surface area contributed by atoms with Crippen LogP contribution in [0.25, 0.3) is 0 Å². The van der Waals surface area contributed by atoms with Crippen LogP contribution in [0, 0.1) is 0 Å². The highest BCUT2D eigenvalue weighted by Gasteiger charge is 1.88. The number of unbranched alkanes of at least 4 members (excludes halogenated alkanes) is 2. The molecule has 0 radical (unpaired) electrons. The summed E-state index contributed by atoms with van der Waals surface area (Å²) in [7, 11) is 0. The van der Waals surface area contributed by atoms with Crippen LogP contribution in [0.5, 0.6) is 0 Å². The molecule has 0 rings (SSSR count). The van der Waals surface area contributed by atoms with Crippen LogP contribution in [-0.4, -0.2) is 12.1 Å². The smallest absolute Gasteiger partial charge is 0.130 e. The Morgan fingerprint density at radius 2 is 1.83 bits per heavy atom. The number of allylic oxidation sites excluding steroid dienone is 2. The van der Waals surface area contributed by atoms with Gasteiger partial charge in [0.2, 0.25) is 0 Å². The second-order valence-electron chi connectivity index (χ2n) is 2.81. The van der Waals surface area contributed by atoms with Crippen molar-refractivity contribution in [3.05, 3.63) is 12.2 Å². The summed E-state index contributed by atoms with van der Waals surface area (Å²) in [5.74, 6) is 0.229. The highest BCUT2D eigenvalue weighted by atomic mass is 16.1. The fourth-order valence-electron chi connectivity index (χ4n) is 0.841. The molecule has 2 heteroatoms. The Bertz CT molecular complexity index is 159. The number of hydrogen-bond acceptors (Lipinski definition) is 2. The number of carbonyl (C=O) groups excluding carboxylic acids is 2. The molecule has 0 spiro atoms. The third-order valence-corrected chi connectivity index (χ3v) is 1.52. The number of rotatable bonds is 7. The van der Waals surface area contributed by atoms with Crippen molar-refractivity contribution < 1.29 is 9.59 Å². The van der Waals surface area contributed by atoms with Crippen molar-refractivity contribution in [2.24, 2.45) is 0 Å². The van der Waals surface area contributed by atoms with E-state index in [9.17, 15) is 9.59 Å². The molecule has 0 saturated heterocycles. The lowest BCUT2D eigenvalue weighted by Crippen LogP contribution is -1.86. The minimum absolute atomic E-state index is 0.229. The van der Waals surface area contributed by atoms with Gasteiger partial charge in [0.1, 0.15) is 12.1 Å². The molecule has 0 aromatic carbocycles. The summed E-state index contributed by atoms with van der Waals surface area (Å²) in [6.45, 7) is 1.60. The van der Waals surface area contributed by atoms with Gasteiger partial charge >= 0.3 is 0 Å². The summed E-state index contributed by atoms with van der Waals surface area (Å²) < 4.78 is 0. The number of ketones is 1. The molecule has 0 fully saturated rings. The maximum Gasteiger partial charge on any atom is 0.130 e. The van der Waals surface area contributed by atoms with Gasteiger partial charge in [-0.3, -0.25) is 0 Å². The lowest BCUT2D eigenvalue weighted by atomic mass is 10.2. The Morgan fingerprint density at radius 3 is 2.42 bits per heavy atom. The quantitative estimate of drug-likeness (QED) is 0.332. The summed E-state index contributed by atoms with van der Waals surface area (Å²) in [6, 6.07) is 0. The Morgan fingerprint density at radius 1 is 1.17 bits per heavy atom. The molecule has 2 nitrogen and oxygen atoms in total. The van der Waals surface area contributed by atoms with Crippen LogP contribution in [0.15, 0.2) is 12.2 Å². The number of carbonyl (C=O) groups is 2. The third-order valence-electron chi connectivity index (χ3n) is 1.52. The third kappa shape index (κ3) is 9.08. The molecule has 0 aromatic heterocycles. The van der Waals surface area contributed by atoms with E-state index in [-0.39, 0.29) is 5.78 Å². The molecular formula is C10H16O2. The van der Waals surface area contributed by atoms with Crippen molar-refractivity contribution in [1.29, 1.82) is 0 Å². The van der Waals surface area contributed by atoms with E-state index in [2.05, 4.69) is 0 Å². The summed E-state index contributed by atoms with van der Waals surface area (Å²) in [6.07, 6.45) is 8.93. The first-order valence-corrected chi connectivity index (χ1v) is 4.35. The summed E-state index contributed by atoms with van der Waals surface area (Å²) in [5, 5.41) is 0. The van der Waals surface area contributed by atoms with E-state index in [1.54, 1.807) is 6.92 Å². The maximum absolute atomic E-state index is 10.5. The lowest BCUT2D eigenvalue weighted by molar-refractivity contribution is -0.117. The highest BCUT2D eigenvalue weighted by molar-refractivity contribution is 5.75. The molecule has 0 aromatic rings. The van der Waals surface area contributed by atoms with Gasteiger partial charge in [-0.15, -0.1) is 0 Å².